The molecule has 0 fully saturated rings. The number of methoxy groups -OCH3 is 1. The number of hydrogen-bond donors (Lipinski definition) is 3. The third kappa shape index (κ3) is 3.12. The maximum atomic E-state index is 7.44. The van der Waals surface area contributed by atoms with Crippen LogP contribution in [0, 0.1) is 12.3 Å². The van der Waals surface area contributed by atoms with Crippen molar-refractivity contribution in [1.29, 1.82) is 5.41 Å². The SMILES string of the molecule is COc1cc(C)c(Cl)cc1C(C)Nc1ncnc(N)c1C=N. The summed E-state index contributed by atoms with van der Waals surface area (Å²) in [5.74, 6) is 1.49. The topological polar surface area (TPSA) is 96.9 Å². The molecule has 116 valence electrons. The van der Waals surface area contributed by atoms with Gasteiger partial charge < -0.3 is 21.2 Å². The second kappa shape index (κ2) is 6.62. The largest absolute Gasteiger partial charge is 0.496 e. The summed E-state index contributed by atoms with van der Waals surface area (Å²) >= 11 is 6.21. The van der Waals surface area contributed by atoms with Crippen LogP contribution in [0.2, 0.25) is 5.02 Å². The average Bonchev–Trinajstić information content (AvgIpc) is 2.49. The molecule has 7 heteroatoms. The second-order valence-corrected chi connectivity index (χ2v) is 5.28. The number of nitrogens with zero attached hydrogens (tertiary/aromatic N) is 2. The molecular weight excluding hydrogens is 302 g/mol. The van der Waals surface area contributed by atoms with Crippen molar-refractivity contribution in [3.8, 4) is 5.75 Å². The molecule has 0 aliphatic rings. The van der Waals surface area contributed by atoms with Crippen LogP contribution in [-0.2, 0) is 0 Å². The van der Waals surface area contributed by atoms with Crippen LogP contribution in [0.25, 0.3) is 0 Å². The first-order chi connectivity index (χ1) is 10.5. The highest BCUT2D eigenvalue weighted by Crippen LogP contribution is 2.33. The molecule has 2 aromatic rings. The maximum Gasteiger partial charge on any atom is 0.140 e. The van der Waals surface area contributed by atoms with E-state index in [1.54, 1.807) is 7.11 Å². The smallest absolute Gasteiger partial charge is 0.140 e. The molecule has 22 heavy (non-hydrogen) atoms. The zero-order chi connectivity index (χ0) is 16.3. The van der Waals surface area contributed by atoms with Gasteiger partial charge in [-0.15, -0.1) is 0 Å². The quantitative estimate of drug-likeness (QED) is 0.735. The molecule has 0 aliphatic heterocycles. The molecule has 1 unspecified atom stereocenters. The van der Waals surface area contributed by atoms with Gasteiger partial charge in [-0.2, -0.15) is 0 Å². The van der Waals surface area contributed by atoms with Gasteiger partial charge in [-0.05, 0) is 31.5 Å². The van der Waals surface area contributed by atoms with Gasteiger partial charge in [0.1, 0.15) is 23.7 Å². The van der Waals surface area contributed by atoms with Crippen molar-refractivity contribution in [2.75, 3.05) is 18.2 Å². The fraction of sp³-hybridized carbons (Fsp3) is 0.267. The van der Waals surface area contributed by atoms with Crippen molar-refractivity contribution in [1.82, 2.24) is 9.97 Å². The molecule has 0 aliphatic carbocycles. The maximum absolute atomic E-state index is 7.44. The van der Waals surface area contributed by atoms with Crippen LogP contribution in [-0.4, -0.2) is 23.3 Å². The minimum Gasteiger partial charge on any atom is -0.496 e. The van der Waals surface area contributed by atoms with E-state index in [4.69, 9.17) is 27.5 Å². The first-order valence-corrected chi connectivity index (χ1v) is 7.07. The molecule has 0 bridgehead atoms. The molecule has 0 amide bonds. The molecule has 1 aromatic heterocycles. The van der Waals surface area contributed by atoms with E-state index in [1.165, 1.54) is 6.33 Å². The number of nitrogens with two attached hydrogens (primary N) is 1. The van der Waals surface area contributed by atoms with Gasteiger partial charge in [0, 0.05) is 16.8 Å². The Morgan fingerprint density at radius 2 is 2.14 bits per heavy atom. The van der Waals surface area contributed by atoms with Gasteiger partial charge in [0.15, 0.2) is 0 Å². The van der Waals surface area contributed by atoms with Crippen molar-refractivity contribution < 1.29 is 4.74 Å². The first kappa shape index (κ1) is 16.0. The number of nitrogens with one attached hydrogen (secondary N) is 2. The number of nitrogen functional groups attached to an aromatic ring is 1. The van der Waals surface area contributed by atoms with Gasteiger partial charge in [-0.25, -0.2) is 9.97 Å². The highest BCUT2D eigenvalue weighted by atomic mass is 35.5. The van der Waals surface area contributed by atoms with E-state index in [2.05, 4.69) is 15.3 Å². The number of benzene rings is 1. The lowest BCUT2D eigenvalue weighted by molar-refractivity contribution is 0.407. The van der Waals surface area contributed by atoms with Crippen LogP contribution in [0.15, 0.2) is 18.5 Å². The standard InChI is InChI=1S/C15H18ClN5O/c1-8-4-13(22-3)10(5-12(8)16)9(2)21-15-11(6-17)14(18)19-7-20-15/h4-7,9,17H,1-3H3,(H3,18,19,20,21). The van der Waals surface area contributed by atoms with Gasteiger partial charge in [-0.1, -0.05) is 11.6 Å². The van der Waals surface area contributed by atoms with Crippen molar-refractivity contribution >= 4 is 29.5 Å². The summed E-state index contributed by atoms with van der Waals surface area (Å²) in [6.45, 7) is 3.88. The number of aryl methyl sites for hydroxylation is 1. The van der Waals surface area contributed by atoms with Crippen molar-refractivity contribution in [3.63, 3.8) is 0 Å². The van der Waals surface area contributed by atoms with E-state index in [-0.39, 0.29) is 11.9 Å². The molecule has 1 heterocycles. The number of rotatable bonds is 5. The fourth-order valence-electron chi connectivity index (χ4n) is 2.13. The predicted molar refractivity (Wildman–Crippen MR) is 89.1 cm³/mol. The van der Waals surface area contributed by atoms with E-state index in [0.29, 0.717) is 16.4 Å². The van der Waals surface area contributed by atoms with Crippen molar-refractivity contribution in [2.45, 2.75) is 19.9 Å². The molecule has 6 nitrogen and oxygen atoms in total. The predicted octanol–water partition coefficient (Wildman–Crippen LogP) is 3.20. The Morgan fingerprint density at radius 3 is 2.77 bits per heavy atom. The normalized spacial score (nSPS) is 11.8. The number of aromatic nitrogens is 2. The highest BCUT2D eigenvalue weighted by Gasteiger charge is 2.16. The van der Waals surface area contributed by atoms with E-state index in [0.717, 1.165) is 23.1 Å². The molecule has 1 atom stereocenters. The molecule has 0 radical (unpaired) electrons. The molecule has 4 N–H and O–H groups in total. The van der Waals surface area contributed by atoms with Gasteiger partial charge >= 0.3 is 0 Å². The van der Waals surface area contributed by atoms with Crippen LogP contribution in [0.5, 0.6) is 5.75 Å². The van der Waals surface area contributed by atoms with Gasteiger partial charge in [0.25, 0.3) is 0 Å². The number of ether oxygens (including phenoxy) is 1. The minimum atomic E-state index is -0.138. The minimum absolute atomic E-state index is 0.138. The van der Waals surface area contributed by atoms with Gasteiger partial charge in [-0.3, -0.25) is 0 Å². The van der Waals surface area contributed by atoms with E-state index in [9.17, 15) is 0 Å². The zero-order valence-corrected chi connectivity index (χ0v) is 13.4. The Hall–Kier alpha value is -2.34. The average molecular weight is 320 g/mol. The Bertz CT molecular complexity index is 705. The van der Waals surface area contributed by atoms with Gasteiger partial charge in [0.2, 0.25) is 0 Å². The lowest BCUT2D eigenvalue weighted by Crippen LogP contribution is -2.13. The van der Waals surface area contributed by atoms with Crippen molar-refractivity contribution in [2.24, 2.45) is 0 Å². The van der Waals surface area contributed by atoms with E-state index >= 15 is 0 Å². The molecule has 2 rings (SSSR count). The second-order valence-electron chi connectivity index (χ2n) is 4.87. The Balaban J connectivity index is 2.38. The molecule has 0 spiro atoms. The summed E-state index contributed by atoms with van der Waals surface area (Å²) in [5, 5.41) is 11.3. The van der Waals surface area contributed by atoms with E-state index in [1.807, 2.05) is 26.0 Å². The van der Waals surface area contributed by atoms with Crippen LogP contribution in [0.4, 0.5) is 11.6 Å². The highest BCUT2D eigenvalue weighted by molar-refractivity contribution is 6.31. The molecular formula is C15H18ClN5O. The number of halogens is 1. The molecule has 0 saturated heterocycles. The third-order valence-corrected chi connectivity index (χ3v) is 3.80. The number of anilines is 2. The Morgan fingerprint density at radius 1 is 1.41 bits per heavy atom. The van der Waals surface area contributed by atoms with Crippen molar-refractivity contribution in [3.05, 3.63) is 40.2 Å². The zero-order valence-electron chi connectivity index (χ0n) is 12.6. The molecule has 0 saturated carbocycles. The lowest BCUT2D eigenvalue weighted by Gasteiger charge is -2.20. The Labute approximate surface area is 134 Å². The summed E-state index contributed by atoms with van der Waals surface area (Å²) in [6, 6.07) is 3.62. The summed E-state index contributed by atoms with van der Waals surface area (Å²) in [6.07, 6.45) is 2.49. The van der Waals surface area contributed by atoms with Crippen LogP contribution in [0.1, 0.15) is 29.7 Å². The summed E-state index contributed by atoms with van der Waals surface area (Å²) < 4.78 is 5.42. The van der Waals surface area contributed by atoms with Crippen LogP contribution >= 0.6 is 11.6 Å². The Kier molecular flexibility index (Phi) is 4.82. The third-order valence-electron chi connectivity index (χ3n) is 3.39. The molecule has 1 aromatic carbocycles. The summed E-state index contributed by atoms with van der Waals surface area (Å²) in [7, 11) is 1.62. The van der Waals surface area contributed by atoms with Crippen LogP contribution in [0.3, 0.4) is 0 Å². The fourth-order valence-corrected chi connectivity index (χ4v) is 2.31. The number of hydrogen-bond acceptors (Lipinski definition) is 6. The first-order valence-electron chi connectivity index (χ1n) is 6.69. The monoisotopic (exact) mass is 319 g/mol. The van der Waals surface area contributed by atoms with E-state index < -0.39 is 0 Å². The lowest BCUT2D eigenvalue weighted by atomic mass is 10.0. The van der Waals surface area contributed by atoms with Crippen LogP contribution < -0.4 is 15.8 Å². The summed E-state index contributed by atoms with van der Waals surface area (Å²) in [5.41, 5.74) is 8.05. The van der Waals surface area contributed by atoms with Gasteiger partial charge in [0.05, 0.1) is 18.7 Å². The summed E-state index contributed by atoms with van der Waals surface area (Å²) in [4.78, 5) is 8.02.